The highest BCUT2D eigenvalue weighted by Gasteiger charge is 2.02. The van der Waals surface area contributed by atoms with Crippen LogP contribution in [-0.4, -0.2) is 7.11 Å². The highest BCUT2D eigenvalue weighted by Crippen LogP contribution is 2.25. The van der Waals surface area contributed by atoms with Gasteiger partial charge in [-0.1, -0.05) is 6.07 Å². The fourth-order valence-corrected chi connectivity index (χ4v) is 0.930. The summed E-state index contributed by atoms with van der Waals surface area (Å²) in [6.45, 7) is -0.426. The number of rotatable bonds is 1. The van der Waals surface area contributed by atoms with E-state index in [0.717, 1.165) is 0 Å². The summed E-state index contributed by atoms with van der Waals surface area (Å²) in [5, 5.41) is 0. The summed E-state index contributed by atoms with van der Waals surface area (Å²) in [6, 6.07) is 3.10. The molecule has 0 unspecified atom stereocenters. The molecular formula is C9H13NO. The van der Waals surface area contributed by atoms with Crippen molar-refractivity contribution in [1.29, 1.82) is 0 Å². The molecule has 2 nitrogen and oxygen atoms in total. The second kappa shape index (κ2) is 2.82. The van der Waals surface area contributed by atoms with E-state index in [-0.39, 0.29) is 11.3 Å². The van der Waals surface area contributed by atoms with Crippen LogP contribution in [0.3, 0.4) is 0 Å². The van der Waals surface area contributed by atoms with Crippen LogP contribution in [0.4, 0.5) is 5.69 Å². The number of nitrogen functional groups attached to an aromatic ring is 1. The number of hydrogen-bond donors (Lipinski definition) is 1. The summed E-state index contributed by atoms with van der Waals surface area (Å²) in [5.74, 6) is 0.607. The van der Waals surface area contributed by atoms with Crippen LogP contribution < -0.4 is 10.5 Å². The average molecular weight is 154 g/mol. The molecule has 0 spiro atoms. The topological polar surface area (TPSA) is 35.2 Å². The van der Waals surface area contributed by atoms with Crippen molar-refractivity contribution in [2.45, 2.75) is 13.8 Å². The maximum atomic E-state index is 7.25. The molecule has 0 aromatic heterocycles. The Hall–Kier alpha value is -1.18. The van der Waals surface area contributed by atoms with Crippen molar-refractivity contribution in [2.24, 2.45) is 0 Å². The van der Waals surface area contributed by atoms with Gasteiger partial charge in [-0.15, -0.1) is 0 Å². The molecule has 0 amide bonds. The van der Waals surface area contributed by atoms with Crippen LogP contribution in [0.15, 0.2) is 12.1 Å². The van der Waals surface area contributed by atoms with Gasteiger partial charge in [-0.3, -0.25) is 0 Å². The van der Waals surface area contributed by atoms with Crippen LogP contribution in [0.1, 0.15) is 15.2 Å². The van der Waals surface area contributed by atoms with E-state index in [0.29, 0.717) is 11.3 Å². The lowest BCUT2D eigenvalue weighted by Gasteiger charge is -2.08. The molecule has 0 aliphatic heterocycles. The van der Waals surface area contributed by atoms with Crippen molar-refractivity contribution < 1.29 is 8.85 Å². The van der Waals surface area contributed by atoms with Crippen molar-refractivity contribution >= 4 is 5.69 Å². The highest BCUT2D eigenvalue weighted by atomic mass is 16.5. The van der Waals surface area contributed by atoms with Gasteiger partial charge in [0.15, 0.2) is 0 Å². The van der Waals surface area contributed by atoms with Gasteiger partial charge in [-0.25, -0.2) is 0 Å². The van der Waals surface area contributed by atoms with Crippen LogP contribution in [0.2, 0.25) is 0 Å². The van der Waals surface area contributed by atoms with Gasteiger partial charge in [0.1, 0.15) is 5.75 Å². The van der Waals surface area contributed by atoms with E-state index in [2.05, 4.69) is 0 Å². The maximum Gasteiger partial charge on any atom is 0.123 e. The zero-order valence-corrected chi connectivity index (χ0v) is 6.64. The Balaban J connectivity index is 3.31. The predicted octanol–water partition coefficient (Wildman–Crippen LogP) is 1.89. The van der Waals surface area contributed by atoms with Gasteiger partial charge in [0.25, 0.3) is 0 Å². The molecule has 11 heavy (non-hydrogen) atoms. The van der Waals surface area contributed by atoms with Crippen LogP contribution in [-0.2, 0) is 0 Å². The van der Waals surface area contributed by atoms with E-state index in [1.165, 1.54) is 13.2 Å². The number of methoxy groups -OCH3 is 1. The van der Waals surface area contributed by atoms with Gasteiger partial charge in [0.05, 0.1) is 7.11 Å². The largest absolute Gasteiger partial charge is 0.496 e. The number of hydrogen-bond acceptors (Lipinski definition) is 2. The van der Waals surface area contributed by atoms with E-state index >= 15 is 0 Å². The SMILES string of the molecule is [2H]C([2H])([2H])c1ccc(OC)c(C)c1N. The highest BCUT2D eigenvalue weighted by molar-refractivity contribution is 5.58. The molecule has 0 saturated carbocycles. The van der Waals surface area contributed by atoms with Crippen LogP contribution in [0, 0.1) is 13.8 Å². The molecule has 0 radical (unpaired) electrons. The Bertz CT molecular complexity index is 347. The summed E-state index contributed by atoms with van der Waals surface area (Å²) in [5.41, 5.74) is 6.83. The maximum absolute atomic E-state index is 7.25. The predicted molar refractivity (Wildman–Crippen MR) is 46.9 cm³/mol. The number of anilines is 1. The minimum absolute atomic E-state index is 0.177. The molecule has 1 rings (SSSR count). The molecule has 1 aromatic carbocycles. The number of benzene rings is 1. The Labute approximate surface area is 71.2 Å². The molecule has 0 atom stereocenters. The van der Waals surface area contributed by atoms with Crippen molar-refractivity contribution in [3.05, 3.63) is 23.3 Å². The number of aryl methyl sites for hydroxylation is 1. The second-order valence-corrected chi connectivity index (χ2v) is 2.35. The Morgan fingerprint density at radius 3 is 2.82 bits per heavy atom. The normalized spacial score (nSPS) is 14.9. The molecule has 60 valence electrons. The van der Waals surface area contributed by atoms with E-state index in [4.69, 9.17) is 14.6 Å². The standard InChI is InChI=1S/C9H13NO/c1-6-4-5-8(11-3)7(2)9(6)10/h4-5H,10H2,1-3H3/i1D3. The molecular weight excluding hydrogens is 138 g/mol. The van der Waals surface area contributed by atoms with Crippen molar-refractivity contribution in [3.8, 4) is 5.75 Å². The lowest BCUT2D eigenvalue weighted by atomic mass is 10.1. The van der Waals surface area contributed by atoms with Gasteiger partial charge < -0.3 is 10.5 Å². The van der Waals surface area contributed by atoms with Gasteiger partial charge in [0.2, 0.25) is 0 Å². The minimum Gasteiger partial charge on any atom is -0.496 e. The van der Waals surface area contributed by atoms with E-state index in [1.54, 1.807) is 13.0 Å². The zero-order chi connectivity index (χ0) is 10.9. The first-order valence-electron chi connectivity index (χ1n) is 4.81. The summed E-state index contributed by atoms with van der Waals surface area (Å²) in [6.07, 6.45) is 0. The summed E-state index contributed by atoms with van der Waals surface area (Å²) >= 11 is 0. The van der Waals surface area contributed by atoms with E-state index < -0.39 is 6.85 Å². The third kappa shape index (κ3) is 1.29. The van der Waals surface area contributed by atoms with Crippen molar-refractivity contribution in [1.82, 2.24) is 0 Å². The molecule has 0 aliphatic carbocycles. The second-order valence-electron chi connectivity index (χ2n) is 2.35. The van der Waals surface area contributed by atoms with Crippen molar-refractivity contribution in [3.63, 3.8) is 0 Å². The zero-order valence-electron chi connectivity index (χ0n) is 9.64. The molecule has 0 heterocycles. The number of nitrogens with two attached hydrogens (primary N) is 1. The minimum atomic E-state index is -2.17. The first-order chi connectivity index (χ1) is 6.38. The Kier molecular flexibility index (Phi) is 1.19. The van der Waals surface area contributed by atoms with Gasteiger partial charge >= 0.3 is 0 Å². The number of ether oxygens (including phenoxy) is 1. The monoisotopic (exact) mass is 154 g/mol. The third-order valence-electron chi connectivity index (χ3n) is 1.69. The average Bonchev–Trinajstić information content (AvgIpc) is 2.07. The van der Waals surface area contributed by atoms with Crippen molar-refractivity contribution in [2.75, 3.05) is 12.8 Å². The fourth-order valence-electron chi connectivity index (χ4n) is 0.930. The summed E-state index contributed by atoms with van der Waals surface area (Å²) in [4.78, 5) is 0. The van der Waals surface area contributed by atoms with Gasteiger partial charge in [-0.2, -0.15) is 0 Å². The van der Waals surface area contributed by atoms with Gasteiger partial charge in [0, 0.05) is 15.4 Å². The lowest BCUT2D eigenvalue weighted by molar-refractivity contribution is 0.412. The molecule has 2 N–H and O–H groups in total. The third-order valence-corrected chi connectivity index (χ3v) is 1.69. The molecule has 0 saturated heterocycles. The Morgan fingerprint density at radius 2 is 2.27 bits per heavy atom. The first-order valence-corrected chi connectivity index (χ1v) is 3.31. The fraction of sp³-hybridized carbons (Fsp3) is 0.333. The smallest absolute Gasteiger partial charge is 0.123 e. The van der Waals surface area contributed by atoms with Gasteiger partial charge in [-0.05, 0) is 25.4 Å². The summed E-state index contributed by atoms with van der Waals surface area (Å²) in [7, 11) is 1.52. The molecule has 2 heteroatoms. The lowest BCUT2D eigenvalue weighted by Crippen LogP contribution is -1.96. The van der Waals surface area contributed by atoms with E-state index in [9.17, 15) is 0 Å². The first kappa shape index (κ1) is 4.65. The molecule has 1 aromatic rings. The molecule has 0 fully saturated rings. The van der Waals surface area contributed by atoms with Crippen LogP contribution in [0.5, 0.6) is 5.75 Å². The summed E-state index contributed by atoms with van der Waals surface area (Å²) < 4.78 is 26.8. The molecule has 0 bridgehead atoms. The van der Waals surface area contributed by atoms with E-state index in [1.807, 2.05) is 0 Å². The Morgan fingerprint density at radius 1 is 1.55 bits per heavy atom. The quantitative estimate of drug-likeness (QED) is 0.627. The van der Waals surface area contributed by atoms with Crippen LogP contribution in [0.25, 0.3) is 0 Å². The molecule has 0 aliphatic rings. The van der Waals surface area contributed by atoms with Crippen LogP contribution >= 0.6 is 0 Å².